The second-order valence-corrected chi connectivity index (χ2v) is 6.98. The maximum absolute atomic E-state index is 13.4. The van der Waals surface area contributed by atoms with E-state index in [1.54, 1.807) is 6.92 Å². The Morgan fingerprint density at radius 2 is 2.10 bits per heavy atom. The van der Waals surface area contributed by atoms with Crippen LogP contribution in [0.5, 0.6) is 0 Å². The van der Waals surface area contributed by atoms with Crippen molar-refractivity contribution in [3.05, 3.63) is 35.4 Å². The van der Waals surface area contributed by atoms with Crippen LogP contribution in [0.25, 0.3) is 0 Å². The maximum Gasteiger partial charge on any atom is 0.180 e. The lowest BCUT2D eigenvalue weighted by Gasteiger charge is -2.14. The van der Waals surface area contributed by atoms with Gasteiger partial charge in [-0.2, -0.15) is 0 Å². The van der Waals surface area contributed by atoms with Gasteiger partial charge in [0.1, 0.15) is 17.4 Å². The molecule has 1 saturated heterocycles. The van der Waals surface area contributed by atoms with E-state index in [2.05, 4.69) is 0 Å². The zero-order valence-corrected chi connectivity index (χ0v) is 11.6. The van der Waals surface area contributed by atoms with Gasteiger partial charge in [-0.3, -0.25) is 4.79 Å². The molecule has 1 aliphatic heterocycles. The summed E-state index contributed by atoms with van der Waals surface area (Å²) in [6.07, 6.45) is -0.187. The number of ketones is 1. The highest BCUT2D eigenvalue weighted by molar-refractivity contribution is 7.92. The summed E-state index contributed by atoms with van der Waals surface area (Å²) in [5, 5.41) is -0.775. The van der Waals surface area contributed by atoms with Gasteiger partial charge in [0.15, 0.2) is 15.6 Å². The number of sulfone groups is 1. The number of benzene rings is 1. The first-order chi connectivity index (χ1) is 9.31. The summed E-state index contributed by atoms with van der Waals surface area (Å²) >= 11 is 0. The summed E-state index contributed by atoms with van der Waals surface area (Å²) in [7, 11) is -3.75. The summed E-state index contributed by atoms with van der Waals surface area (Å²) in [6, 6.07) is 2.38. The molecule has 0 spiro atoms. The SMILES string of the molecule is CC1OCCC1S(=O)(=O)CC(=O)c1cc(F)ccc1F. The predicted octanol–water partition coefficient (Wildman–Crippen LogP) is 1.74. The van der Waals surface area contributed by atoms with E-state index in [0.717, 1.165) is 12.1 Å². The lowest BCUT2D eigenvalue weighted by molar-refractivity contribution is 0.101. The van der Waals surface area contributed by atoms with Crippen molar-refractivity contribution in [2.24, 2.45) is 0 Å². The van der Waals surface area contributed by atoms with Crippen LogP contribution in [0.4, 0.5) is 8.78 Å². The molecule has 0 saturated carbocycles. The van der Waals surface area contributed by atoms with E-state index in [1.807, 2.05) is 0 Å². The minimum Gasteiger partial charge on any atom is -0.377 e. The molecule has 0 N–H and O–H groups in total. The number of Topliss-reactive ketones (excluding diaryl/α,β-unsaturated/α-hetero) is 1. The van der Waals surface area contributed by atoms with E-state index in [0.29, 0.717) is 19.1 Å². The largest absolute Gasteiger partial charge is 0.377 e. The molecule has 0 bridgehead atoms. The molecule has 20 heavy (non-hydrogen) atoms. The predicted molar refractivity (Wildman–Crippen MR) is 68.3 cm³/mol. The monoisotopic (exact) mass is 304 g/mol. The number of hydrogen-bond acceptors (Lipinski definition) is 4. The number of rotatable bonds is 4. The van der Waals surface area contributed by atoms with Crippen LogP contribution < -0.4 is 0 Å². The first kappa shape index (κ1) is 15.1. The van der Waals surface area contributed by atoms with E-state index in [1.165, 1.54) is 0 Å². The van der Waals surface area contributed by atoms with Crippen molar-refractivity contribution in [3.8, 4) is 0 Å². The normalized spacial score (nSPS) is 22.9. The fourth-order valence-corrected chi connectivity index (χ4v) is 4.12. The molecule has 0 radical (unpaired) electrons. The molecule has 1 heterocycles. The molecule has 1 aromatic carbocycles. The van der Waals surface area contributed by atoms with Gasteiger partial charge in [0.25, 0.3) is 0 Å². The molecular weight excluding hydrogens is 290 g/mol. The molecule has 1 aliphatic rings. The van der Waals surface area contributed by atoms with Gasteiger partial charge in [0.2, 0.25) is 0 Å². The smallest absolute Gasteiger partial charge is 0.180 e. The van der Waals surface area contributed by atoms with Crippen molar-refractivity contribution < 1.29 is 26.7 Å². The van der Waals surface area contributed by atoms with Crippen LogP contribution in [0.1, 0.15) is 23.7 Å². The Bertz CT molecular complexity index is 627. The summed E-state index contributed by atoms with van der Waals surface area (Å²) in [5.74, 6) is -3.50. The third-order valence-corrected chi connectivity index (χ3v) is 5.54. The summed E-state index contributed by atoms with van der Waals surface area (Å²) < 4.78 is 55.8. The van der Waals surface area contributed by atoms with Crippen molar-refractivity contribution in [2.75, 3.05) is 12.4 Å². The highest BCUT2D eigenvalue weighted by Gasteiger charge is 2.37. The van der Waals surface area contributed by atoms with Gasteiger partial charge in [-0.05, 0) is 31.5 Å². The average Bonchev–Trinajstić information content (AvgIpc) is 2.79. The Balaban J connectivity index is 2.21. The first-order valence-electron chi connectivity index (χ1n) is 6.12. The van der Waals surface area contributed by atoms with Crippen molar-refractivity contribution in [3.63, 3.8) is 0 Å². The zero-order valence-electron chi connectivity index (χ0n) is 10.8. The molecule has 4 nitrogen and oxygen atoms in total. The number of carbonyl (C=O) groups excluding carboxylic acids is 1. The summed E-state index contributed by atoms with van der Waals surface area (Å²) in [5.41, 5.74) is -0.542. The number of hydrogen-bond donors (Lipinski definition) is 0. The lowest BCUT2D eigenvalue weighted by Crippen LogP contribution is -2.33. The Kier molecular flexibility index (Phi) is 4.19. The third-order valence-electron chi connectivity index (χ3n) is 3.33. The van der Waals surface area contributed by atoms with Gasteiger partial charge in [-0.25, -0.2) is 17.2 Å². The molecule has 0 aliphatic carbocycles. The van der Waals surface area contributed by atoms with Crippen LogP contribution in [0.2, 0.25) is 0 Å². The Morgan fingerprint density at radius 3 is 2.70 bits per heavy atom. The number of halogens is 2. The van der Waals surface area contributed by atoms with Crippen molar-refractivity contribution in [2.45, 2.75) is 24.7 Å². The Morgan fingerprint density at radius 1 is 1.40 bits per heavy atom. The lowest BCUT2D eigenvalue weighted by atomic mass is 10.1. The van der Waals surface area contributed by atoms with Gasteiger partial charge in [0, 0.05) is 6.61 Å². The van der Waals surface area contributed by atoms with E-state index in [9.17, 15) is 22.0 Å². The van der Waals surface area contributed by atoms with Crippen LogP contribution >= 0.6 is 0 Å². The standard InChI is InChI=1S/C13H14F2O4S/c1-8-13(4-5-19-8)20(17,18)7-12(16)10-6-9(14)2-3-11(10)15/h2-3,6,8,13H,4-5,7H2,1H3. The fourth-order valence-electron chi connectivity index (χ4n) is 2.26. The highest BCUT2D eigenvalue weighted by Crippen LogP contribution is 2.22. The second-order valence-electron chi connectivity index (χ2n) is 4.76. The van der Waals surface area contributed by atoms with Gasteiger partial charge >= 0.3 is 0 Å². The van der Waals surface area contributed by atoms with Gasteiger partial charge in [-0.1, -0.05) is 0 Å². The molecular formula is C13H14F2O4S. The Hall–Kier alpha value is -1.34. The third kappa shape index (κ3) is 3.04. The van der Waals surface area contributed by atoms with Crippen LogP contribution in [0.3, 0.4) is 0 Å². The van der Waals surface area contributed by atoms with Crippen molar-refractivity contribution in [1.82, 2.24) is 0 Å². The zero-order chi connectivity index (χ0) is 14.9. The molecule has 0 aromatic heterocycles. The summed E-state index contributed by atoms with van der Waals surface area (Å²) in [6.45, 7) is 1.93. The second kappa shape index (κ2) is 5.57. The van der Waals surface area contributed by atoms with Crippen LogP contribution in [-0.2, 0) is 14.6 Å². The van der Waals surface area contributed by atoms with Gasteiger partial charge < -0.3 is 4.74 Å². The van der Waals surface area contributed by atoms with E-state index < -0.39 is 49.9 Å². The maximum atomic E-state index is 13.4. The van der Waals surface area contributed by atoms with Crippen molar-refractivity contribution >= 4 is 15.6 Å². The topological polar surface area (TPSA) is 60.4 Å². The molecule has 1 fully saturated rings. The van der Waals surface area contributed by atoms with E-state index in [-0.39, 0.29) is 0 Å². The molecule has 110 valence electrons. The number of ether oxygens (including phenoxy) is 1. The van der Waals surface area contributed by atoms with Gasteiger partial charge in [0.05, 0.1) is 16.9 Å². The molecule has 2 unspecified atom stereocenters. The summed E-state index contributed by atoms with van der Waals surface area (Å²) in [4.78, 5) is 11.9. The first-order valence-corrected chi connectivity index (χ1v) is 7.84. The number of carbonyl (C=O) groups is 1. The molecule has 2 atom stereocenters. The minimum atomic E-state index is -3.75. The quantitative estimate of drug-likeness (QED) is 0.795. The van der Waals surface area contributed by atoms with Crippen molar-refractivity contribution in [1.29, 1.82) is 0 Å². The van der Waals surface area contributed by atoms with Gasteiger partial charge in [-0.15, -0.1) is 0 Å². The average molecular weight is 304 g/mol. The fraction of sp³-hybridized carbons (Fsp3) is 0.462. The molecule has 2 rings (SSSR count). The molecule has 1 aromatic rings. The molecule has 0 amide bonds. The van der Waals surface area contributed by atoms with Crippen LogP contribution in [0.15, 0.2) is 18.2 Å². The van der Waals surface area contributed by atoms with Crippen LogP contribution in [-0.4, -0.2) is 37.9 Å². The van der Waals surface area contributed by atoms with Crippen LogP contribution in [0, 0.1) is 11.6 Å². The highest BCUT2D eigenvalue weighted by atomic mass is 32.2. The van der Waals surface area contributed by atoms with E-state index in [4.69, 9.17) is 4.74 Å². The van der Waals surface area contributed by atoms with E-state index >= 15 is 0 Å². The minimum absolute atomic E-state index is 0.308. The Labute approximate surface area is 115 Å². The molecule has 7 heteroatoms.